The number of nitrogens with one attached hydrogen (secondary N) is 2. The zero-order chi connectivity index (χ0) is 13.7. The molecule has 0 aliphatic heterocycles. The van der Waals surface area contributed by atoms with Crippen LogP contribution in [0.5, 0.6) is 0 Å². The van der Waals surface area contributed by atoms with Crippen LogP contribution < -0.4 is 10.6 Å². The van der Waals surface area contributed by atoms with E-state index in [-0.39, 0.29) is 11.6 Å². The van der Waals surface area contributed by atoms with E-state index in [1.807, 2.05) is 0 Å². The third kappa shape index (κ3) is 3.62. The smallest absolute Gasteiger partial charge is 0.335 e. The summed E-state index contributed by atoms with van der Waals surface area (Å²) in [4.78, 5) is 22.4. The first-order chi connectivity index (χ1) is 8.43. The summed E-state index contributed by atoms with van der Waals surface area (Å²) in [5.41, 5.74) is 1.40. The highest BCUT2D eigenvalue weighted by molar-refractivity contribution is 5.94. The minimum atomic E-state index is -1.03. The molecule has 18 heavy (non-hydrogen) atoms. The van der Waals surface area contributed by atoms with Crippen molar-refractivity contribution in [3.8, 4) is 0 Å². The molecule has 96 valence electrons. The Morgan fingerprint density at radius 3 is 2.67 bits per heavy atom. The first-order valence-corrected chi connectivity index (χ1v) is 5.48. The van der Waals surface area contributed by atoms with Crippen molar-refractivity contribution in [3.05, 3.63) is 42.0 Å². The number of hydrogen-bond acceptors (Lipinski definition) is 2. The second-order valence-corrected chi connectivity index (χ2v) is 3.96. The van der Waals surface area contributed by atoms with Crippen molar-refractivity contribution in [1.29, 1.82) is 0 Å². The van der Waals surface area contributed by atoms with Gasteiger partial charge >= 0.3 is 12.0 Å². The van der Waals surface area contributed by atoms with Crippen LogP contribution in [0.4, 0.5) is 10.5 Å². The number of carboxylic acids is 1. The molecule has 0 aromatic heterocycles. The Labute approximate surface area is 106 Å². The molecule has 3 N–H and O–H groups in total. The Morgan fingerprint density at radius 2 is 2.11 bits per heavy atom. The molecule has 0 radical (unpaired) electrons. The van der Waals surface area contributed by atoms with Crippen LogP contribution >= 0.6 is 0 Å². The zero-order valence-electron chi connectivity index (χ0n) is 10.4. The van der Waals surface area contributed by atoms with Gasteiger partial charge in [0.1, 0.15) is 0 Å². The number of urea groups is 1. The number of hydrogen-bond donors (Lipinski definition) is 3. The Kier molecular flexibility index (Phi) is 4.48. The van der Waals surface area contributed by atoms with Gasteiger partial charge in [0, 0.05) is 11.7 Å². The fourth-order valence-corrected chi connectivity index (χ4v) is 1.31. The highest BCUT2D eigenvalue weighted by atomic mass is 16.4. The van der Waals surface area contributed by atoms with E-state index < -0.39 is 12.0 Å². The van der Waals surface area contributed by atoms with Gasteiger partial charge in [-0.15, -0.1) is 6.58 Å². The van der Waals surface area contributed by atoms with Crippen LogP contribution in [-0.4, -0.2) is 23.1 Å². The number of benzene rings is 1. The predicted octanol–water partition coefficient (Wildman–Crippen LogP) is 2.39. The van der Waals surface area contributed by atoms with Gasteiger partial charge in [0.2, 0.25) is 0 Å². The Balaban J connectivity index is 2.83. The van der Waals surface area contributed by atoms with Crippen molar-refractivity contribution in [2.24, 2.45) is 0 Å². The van der Waals surface area contributed by atoms with Gasteiger partial charge in [-0.25, -0.2) is 9.59 Å². The van der Waals surface area contributed by atoms with Crippen LogP contribution in [-0.2, 0) is 0 Å². The molecule has 0 spiro atoms. The lowest BCUT2D eigenvalue weighted by Crippen LogP contribution is -2.35. The van der Waals surface area contributed by atoms with Crippen LogP contribution in [0.1, 0.15) is 22.8 Å². The van der Waals surface area contributed by atoms with E-state index in [9.17, 15) is 9.59 Å². The van der Waals surface area contributed by atoms with Crippen LogP contribution in [0.25, 0.3) is 0 Å². The maximum Gasteiger partial charge on any atom is 0.335 e. The van der Waals surface area contributed by atoms with Crippen LogP contribution in [0.15, 0.2) is 30.9 Å². The Hall–Kier alpha value is -2.30. The van der Waals surface area contributed by atoms with E-state index >= 15 is 0 Å². The van der Waals surface area contributed by atoms with Gasteiger partial charge in [-0.3, -0.25) is 0 Å². The van der Waals surface area contributed by atoms with E-state index in [1.54, 1.807) is 26.0 Å². The van der Waals surface area contributed by atoms with Gasteiger partial charge in [-0.05, 0) is 31.5 Å². The summed E-state index contributed by atoms with van der Waals surface area (Å²) in [7, 11) is 0. The van der Waals surface area contributed by atoms with Gasteiger partial charge in [-0.1, -0.05) is 12.1 Å². The van der Waals surface area contributed by atoms with Crippen molar-refractivity contribution in [1.82, 2.24) is 5.32 Å². The monoisotopic (exact) mass is 248 g/mol. The molecule has 0 heterocycles. The molecule has 1 aromatic carbocycles. The molecule has 0 saturated heterocycles. The quantitative estimate of drug-likeness (QED) is 0.716. The van der Waals surface area contributed by atoms with E-state index in [2.05, 4.69) is 17.2 Å². The van der Waals surface area contributed by atoms with Gasteiger partial charge in [0.15, 0.2) is 0 Å². The van der Waals surface area contributed by atoms with Crippen molar-refractivity contribution in [2.75, 3.05) is 5.32 Å². The number of aromatic carboxylic acids is 1. The lowest BCUT2D eigenvalue weighted by Gasteiger charge is -2.12. The van der Waals surface area contributed by atoms with Gasteiger partial charge < -0.3 is 15.7 Å². The molecule has 0 aliphatic rings. The van der Waals surface area contributed by atoms with Crippen LogP contribution in [0.3, 0.4) is 0 Å². The lowest BCUT2D eigenvalue weighted by atomic mass is 10.1. The topological polar surface area (TPSA) is 78.4 Å². The normalized spacial score (nSPS) is 11.4. The average Bonchev–Trinajstić information content (AvgIpc) is 2.31. The first kappa shape index (κ1) is 13.8. The molecule has 1 rings (SSSR count). The van der Waals surface area contributed by atoms with Crippen molar-refractivity contribution < 1.29 is 14.7 Å². The fraction of sp³-hybridized carbons (Fsp3) is 0.231. The predicted molar refractivity (Wildman–Crippen MR) is 70.0 cm³/mol. The molecule has 0 bridgehead atoms. The van der Waals surface area contributed by atoms with Gasteiger partial charge in [-0.2, -0.15) is 0 Å². The van der Waals surface area contributed by atoms with Gasteiger partial charge in [0.25, 0.3) is 0 Å². The molecule has 0 saturated carbocycles. The molecular weight excluding hydrogens is 232 g/mol. The summed E-state index contributed by atoms with van der Waals surface area (Å²) in [5, 5.41) is 14.1. The van der Waals surface area contributed by atoms with E-state index in [0.29, 0.717) is 5.69 Å². The summed E-state index contributed by atoms with van der Waals surface area (Å²) < 4.78 is 0. The molecule has 1 unspecified atom stereocenters. The summed E-state index contributed by atoms with van der Waals surface area (Å²) in [5.74, 6) is -1.03. The second-order valence-electron chi connectivity index (χ2n) is 3.96. The standard InChI is InChI=1S/C13H16N2O3/c1-4-9(3)14-13(18)15-11-7-10(12(16)17)6-5-8(11)2/h4-7,9H,1H2,2-3H3,(H,16,17)(H2,14,15,18). The molecular formula is C13H16N2O3. The molecule has 0 aliphatic carbocycles. The number of carboxylic acid groups (broad SMARTS) is 1. The van der Waals surface area contributed by atoms with Crippen molar-refractivity contribution in [3.63, 3.8) is 0 Å². The number of anilines is 1. The minimum absolute atomic E-state index is 0.132. The van der Waals surface area contributed by atoms with E-state index in [0.717, 1.165) is 5.56 Å². The Bertz CT molecular complexity index is 483. The maximum absolute atomic E-state index is 11.6. The molecule has 0 fully saturated rings. The maximum atomic E-state index is 11.6. The number of aryl methyl sites for hydroxylation is 1. The van der Waals surface area contributed by atoms with Crippen molar-refractivity contribution in [2.45, 2.75) is 19.9 Å². The lowest BCUT2D eigenvalue weighted by molar-refractivity contribution is 0.0697. The third-order valence-electron chi connectivity index (χ3n) is 2.45. The Morgan fingerprint density at radius 1 is 1.44 bits per heavy atom. The average molecular weight is 248 g/mol. The summed E-state index contributed by atoms with van der Waals surface area (Å²) in [6.07, 6.45) is 1.60. The fourth-order valence-electron chi connectivity index (χ4n) is 1.31. The second kappa shape index (κ2) is 5.86. The first-order valence-electron chi connectivity index (χ1n) is 5.48. The van der Waals surface area contributed by atoms with Crippen LogP contribution in [0.2, 0.25) is 0 Å². The van der Waals surface area contributed by atoms with Crippen molar-refractivity contribution >= 4 is 17.7 Å². The molecule has 1 aromatic rings. The number of carbonyl (C=O) groups excluding carboxylic acids is 1. The van der Waals surface area contributed by atoms with Crippen LogP contribution in [0, 0.1) is 6.92 Å². The molecule has 2 amide bonds. The number of rotatable bonds is 4. The van der Waals surface area contributed by atoms with Gasteiger partial charge in [0.05, 0.1) is 5.56 Å². The number of carbonyl (C=O) groups is 2. The van der Waals surface area contributed by atoms with E-state index in [1.165, 1.54) is 12.1 Å². The number of amides is 2. The molecule has 5 nitrogen and oxygen atoms in total. The highest BCUT2D eigenvalue weighted by Gasteiger charge is 2.09. The highest BCUT2D eigenvalue weighted by Crippen LogP contribution is 2.16. The summed E-state index contributed by atoms with van der Waals surface area (Å²) >= 11 is 0. The summed E-state index contributed by atoms with van der Waals surface area (Å²) in [6.45, 7) is 7.13. The minimum Gasteiger partial charge on any atom is -0.478 e. The summed E-state index contributed by atoms with van der Waals surface area (Å²) in [6, 6.07) is 4.01. The zero-order valence-corrected chi connectivity index (χ0v) is 10.4. The van der Waals surface area contributed by atoms with E-state index in [4.69, 9.17) is 5.11 Å². The largest absolute Gasteiger partial charge is 0.478 e. The molecule has 5 heteroatoms. The SMILES string of the molecule is C=CC(C)NC(=O)Nc1cc(C(=O)O)ccc1C. The molecule has 1 atom stereocenters. The third-order valence-corrected chi connectivity index (χ3v) is 2.45.